The molecule has 56 valence electrons. The highest BCUT2D eigenvalue weighted by atomic mass is 15.6. The number of nitrogens with zero attached hydrogens (tertiary/aromatic N) is 4. The van der Waals surface area contributed by atoms with E-state index < -0.39 is 0 Å². The van der Waals surface area contributed by atoms with Crippen molar-refractivity contribution < 1.29 is 0 Å². The Morgan fingerprint density at radius 3 is 3.20 bits per heavy atom. The monoisotopic (exact) mass is 141 g/mol. The molecule has 0 radical (unpaired) electrons. The first-order valence-electron chi connectivity index (χ1n) is 3.36. The Bertz CT molecular complexity index is 150. The fourth-order valence-corrected chi connectivity index (χ4v) is 1.05. The zero-order chi connectivity index (χ0) is 7.40. The maximum Gasteiger partial charge on any atom is 0.103 e. The standard InChI is InChI=1S/C5H11N5/c1-5-4-10(9-8-6)3-2-7-5/h5,7H,2-4H2,1H3. The van der Waals surface area contributed by atoms with E-state index in [2.05, 4.69) is 22.4 Å². The van der Waals surface area contributed by atoms with Crippen molar-refractivity contribution >= 4 is 0 Å². The third-order valence-corrected chi connectivity index (χ3v) is 1.51. The molecule has 1 N–H and O–H groups in total. The van der Waals surface area contributed by atoms with Crippen molar-refractivity contribution in [3.63, 3.8) is 0 Å². The van der Waals surface area contributed by atoms with Crippen molar-refractivity contribution in [1.82, 2.24) is 10.3 Å². The fraction of sp³-hybridized carbons (Fsp3) is 1.00. The van der Waals surface area contributed by atoms with Crippen LogP contribution in [0, 0.1) is 0 Å². The lowest BCUT2D eigenvalue weighted by molar-refractivity contribution is 0.212. The Morgan fingerprint density at radius 1 is 1.80 bits per heavy atom. The third-order valence-electron chi connectivity index (χ3n) is 1.51. The summed E-state index contributed by atoms with van der Waals surface area (Å²) in [4.78, 5) is 2.72. The molecule has 1 rings (SSSR count). The van der Waals surface area contributed by atoms with Gasteiger partial charge in [-0.15, -0.1) is 5.53 Å². The molecule has 1 heterocycles. The quantitative estimate of drug-likeness (QED) is 0.328. The van der Waals surface area contributed by atoms with Crippen LogP contribution in [0.3, 0.4) is 0 Å². The summed E-state index contributed by atoms with van der Waals surface area (Å²) in [5, 5.41) is 8.49. The van der Waals surface area contributed by atoms with E-state index in [0.29, 0.717) is 6.04 Å². The second-order valence-corrected chi connectivity index (χ2v) is 2.45. The van der Waals surface area contributed by atoms with Crippen LogP contribution in [0.4, 0.5) is 0 Å². The molecule has 0 spiro atoms. The van der Waals surface area contributed by atoms with Gasteiger partial charge in [0.05, 0.1) is 0 Å². The van der Waals surface area contributed by atoms with E-state index in [1.54, 1.807) is 5.01 Å². The van der Waals surface area contributed by atoms with Gasteiger partial charge in [-0.1, -0.05) is 0 Å². The van der Waals surface area contributed by atoms with Gasteiger partial charge >= 0.3 is 0 Å². The summed E-state index contributed by atoms with van der Waals surface area (Å²) in [5.41, 5.74) is 8.10. The smallest absolute Gasteiger partial charge is 0.103 e. The van der Waals surface area contributed by atoms with Gasteiger partial charge in [-0.2, -0.15) is 4.91 Å². The number of hydrogen-bond acceptors (Lipinski definition) is 2. The first-order chi connectivity index (χ1) is 4.83. The Kier molecular flexibility index (Phi) is 2.36. The van der Waals surface area contributed by atoms with Gasteiger partial charge in [0, 0.05) is 12.6 Å². The van der Waals surface area contributed by atoms with Crippen LogP contribution >= 0.6 is 0 Å². The first-order valence-corrected chi connectivity index (χ1v) is 3.36. The minimum Gasteiger partial charge on any atom is -0.307 e. The normalized spacial score (nSPS) is 25.7. The molecule has 1 saturated heterocycles. The van der Waals surface area contributed by atoms with E-state index in [1.807, 2.05) is 0 Å². The maximum atomic E-state index is 8.10. The zero-order valence-electron chi connectivity index (χ0n) is 5.99. The molecule has 5 nitrogen and oxygen atoms in total. The van der Waals surface area contributed by atoms with Gasteiger partial charge in [0.1, 0.15) is 13.1 Å². The highest BCUT2D eigenvalue weighted by molar-refractivity contribution is 4.72. The van der Waals surface area contributed by atoms with Crippen LogP contribution in [0.25, 0.3) is 10.4 Å². The Hall–Kier alpha value is -0.930. The molecule has 1 fully saturated rings. The summed E-state index contributed by atoms with van der Waals surface area (Å²) in [7, 11) is 0. The van der Waals surface area contributed by atoms with Crippen LogP contribution in [-0.2, 0) is 0 Å². The van der Waals surface area contributed by atoms with Crippen molar-refractivity contribution in [3.05, 3.63) is 10.4 Å². The van der Waals surface area contributed by atoms with Crippen molar-refractivity contribution in [2.45, 2.75) is 13.0 Å². The highest BCUT2D eigenvalue weighted by Crippen LogP contribution is 1.97. The molecule has 0 bridgehead atoms. The summed E-state index contributed by atoms with van der Waals surface area (Å²) >= 11 is 0. The van der Waals surface area contributed by atoms with Gasteiger partial charge in [-0.05, 0) is 12.1 Å². The molecule has 10 heavy (non-hydrogen) atoms. The molecule has 1 atom stereocenters. The predicted molar refractivity (Wildman–Crippen MR) is 38.2 cm³/mol. The average molecular weight is 141 g/mol. The van der Waals surface area contributed by atoms with Crippen LogP contribution < -0.4 is 5.32 Å². The second-order valence-electron chi connectivity index (χ2n) is 2.45. The van der Waals surface area contributed by atoms with Crippen molar-refractivity contribution in [2.75, 3.05) is 19.6 Å². The minimum absolute atomic E-state index is 0.430. The molecule has 1 aliphatic rings. The van der Waals surface area contributed by atoms with Gasteiger partial charge in [-0.3, -0.25) is 0 Å². The van der Waals surface area contributed by atoms with Crippen LogP contribution in [0.15, 0.2) is 5.22 Å². The minimum atomic E-state index is 0.430. The van der Waals surface area contributed by atoms with Crippen LogP contribution in [-0.4, -0.2) is 30.7 Å². The predicted octanol–water partition coefficient (Wildman–Crippen LogP) is 0.505. The molecular weight excluding hydrogens is 130 g/mol. The largest absolute Gasteiger partial charge is 0.307 e. The second kappa shape index (κ2) is 3.29. The molecule has 1 unspecified atom stereocenters. The number of nitrogens with one attached hydrogen (secondary N) is 1. The first kappa shape index (κ1) is 7.18. The van der Waals surface area contributed by atoms with Crippen LogP contribution in [0.5, 0.6) is 0 Å². The summed E-state index contributed by atoms with van der Waals surface area (Å²) < 4.78 is 0. The molecule has 0 aromatic heterocycles. The van der Waals surface area contributed by atoms with Crippen molar-refractivity contribution in [3.8, 4) is 0 Å². The van der Waals surface area contributed by atoms with E-state index in [-0.39, 0.29) is 0 Å². The van der Waals surface area contributed by atoms with E-state index in [0.717, 1.165) is 19.6 Å². The van der Waals surface area contributed by atoms with Crippen molar-refractivity contribution in [2.24, 2.45) is 5.22 Å². The van der Waals surface area contributed by atoms with Gasteiger partial charge < -0.3 is 5.32 Å². The SMILES string of the molecule is CC1CN(N=[N+]=[N-])CCN1. The van der Waals surface area contributed by atoms with Gasteiger partial charge in [0.25, 0.3) is 0 Å². The number of hydrogen-bond donors (Lipinski definition) is 1. The van der Waals surface area contributed by atoms with Gasteiger partial charge in [0.2, 0.25) is 0 Å². The average Bonchev–Trinajstić information content (AvgIpc) is 1.88. The Morgan fingerprint density at radius 2 is 2.60 bits per heavy atom. The van der Waals surface area contributed by atoms with E-state index in [4.69, 9.17) is 5.53 Å². The molecular formula is C5H11N5. The highest BCUT2D eigenvalue weighted by Gasteiger charge is 2.15. The molecule has 0 amide bonds. The van der Waals surface area contributed by atoms with E-state index >= 15 is 0 Å². The lowest BCUT2D eigenvalue weighted by Gasteiger charge is -2.24. The molecule has 1 aliphatic heterocycles. The number of piperazine rings is 1. The summed E-state index contributed by atoms with van der Waals surface area (Å²) in [6.07, 6.45) is 0. The number of rotatable bonds is 1. The Labute approximate surface area is 59.6 Å². The lowest BCUT2D eigenvalue weighted by atomic mass is 10.3. The van der Waals surface area contributed by atoms with Gasteiger partial charge in [0.15, 0.2) is 0 Å². The lowest BCUT2D eigenvalue weighted by Crippen LogP contribution is -2.46. The molecule has 5 heteroatoms. The van der Waals surface area contributed by atoms with E-state index in [9.17, 15) is 0 Å². The molecule has 0 saturated carbocycles. The number of azide groups is 1. The van der Waals surface area contributed by atoms with Crippen LogP contribution in [0.2, 0.25) is 0 Å². The third kappa shape index (κ3) is 1.79. The molecule has 0 aliphatic carbocycles. The van der Waals surface area contributed by atoms with E-state index in [1.165, 1.54) is 0 Å². The molecule has 0 aromatic carbocycles. The summed E-state index contributed by atoms with van der Waals surface area (Å²) in [6, 6.07) is 0.430. The van der Waals surface area contributed by atoms with Crippen molar-refractivity contribution in [1.29, 1.82) is 0 Å². The fourth-order valence-electron chi connectivity index (χ4n) is 1.05. The zero-order valence-corrected chi connectivity index (χ0v) is 5.99. The van der Waals surface area contributed by atoms with Crippen LogP contribution in [0.1, 0.15) is 6.92 Å². The molecule has 0 aromatic rings. The maximum absolute atomic E-state index is 8.10. The van der Waals surface area contributed by atoms with Gasteiger partial charge in [-0.25, -0.2) is 5.01 Å². The summed E-state index contributed by atoms with van der Waals surface area (Å²) in [6.45, 7) is 4.59. The Balaban J connectivity index is 2.39. The summed E-state index contributed by atoms with van der Waals surface area (Å²) in [5.74, 6) is 0. The topological polar surface area (TPSA) is 64.0 Å².